The summed E-state index contributed by atoms with van der Waals surface area (Å²) in [5.74, 6) is 0. The normalized spacial score (nSPS) is 23.4. The molecule has 4 nitrogen and oxygen atoms in total. The van der Waals surface area contributed by atoms with Crippen LogP contribution in [0.4, 0.5) is 0 Å². The maximum Gasteiger partial charge on any atom is 0.216 e. The summed E-state index contributed by atoms with van der Waals surface area (Å²) >= 11 is 0. The molecule has 0 aromatic rings. The number of piperidine rings is 1. The van der Waals surface area contributed by atoms with Gasteiger partial charge in [0, 0.05) is 13.1 Å². The first-order valence-corrected chi connectivity index (χ1v) is 6.40. The first kappa shape index (κ1) is 11.7. The van der Waals surface area contributed by atoms with Crippen LogP contribution in [-0.2, 0) is 10.0 Å². The highest BCUT2D eigenvalue weighted by atomic mass is 32.2. The van der Waals surface area contributed by atoms with E-state index in [9.17, 15) is 8.42 Å². The van der Waals surface area contributed by atoms with Gasteiger partial charge in [-0.25, -0.2) is 13.1 Å². The van der Waals surface area contributed by atoms with Crippen molar-refractivity contribution in [2.45, 2.75) is 25.0 Å². The van der Waals surface area contributed by atoms with Gasteiger partial charge in [0.2, 0.25) is 10.0 Å². The fraction of sp³-hybridized carbons (Fsp3) is 0.778. The number of hydrogen-bond acceptors (Lipinski definition) is 3. The SMILES string of the molecule is C=C(C)CNS(=O)(=O)C1CCCNC1. The third-order valence-electron chi connectivity index (χ3n) is 2.27. The Hall–Kier alpha value is -0.390. The molecular weight excluding hydrogens is 200 g/mol. The van der Waals surface area contributed by atoms with Gasteiger partial charge >= 0.3 is 0 Å². The van der Waals surface area contributed by atoms with Crippen LogP contribution in [0.5, 0.6) is 0 Å². The molecule has 1 atom stereocenters. The predicted molar refractivity (Wildman–Crippen MR) is 57.6 cm³/mol. The van der Waals surface area contributed by atoms with Gasteiger partial charge in [-0.3, -0.25) is 0 Å². The molecule has 0 radical (unpaired) electrons. The van der Waals surface area contributed by atoms with E-state index in [0.717, 1.165) is 25.0 Å². The third kappa shape index (κ3) is 3.40. The zero-order valence-corrected chi connectivity index (χ0v) is 9.36. The Morgan fingerprint density at radius 1 is 1.64 bits per heavy atom. The summed E-state index contributed by atoms with van der Waals surface area (Å²) in [5, 5.41) is 2.81. The lowest BCUT2D eigenvalue weighted by molar-refractivity contribution is 0.491. The Labute approximate surface area is 85.8 Å². The molecule has 0 spiro atoms. The maximum atomic E-state index is 11.7. The Balaban J connectivity index is 2.50. The third-order valence-corrected chi connectivity index (χ3v) is 4.09. The van der Waals surface area contributed by atoms with Crippen LogP contribution in [0, 0.1) is 0 Å². The van der Waals surface area contributed by atoms with Crippen LogP contribution in [0.1, 0.15) is 19.8 Å². The monoisotopic (exact) mass is 218 g/mol. The molecule has 5 heteroatoms. The first-order chi connectivity index (χ1) is 6.52. The van der Waals surface area contributed by atoms with Crippen LogP contribution < -0.4 is 10.0 Å². The average molecular weight is 218 g/mol. The molecule has 0 bridgehead atoms. The molecule has 82 valence electrons. The van der Waals surface area contributed by atoms with Gasteiger partial charge in [-0.2, -0.15) is 0 Å². The maximum absolute atomic E-state index is 11.7. The van der Waals surface area contributed by atoms with E-state index >= 15 is 0 Å². The Kier molecular flexibility index (Phi) is 4.10. The van der Waals surface area contributed by atoms with Crippen molar-refractivity contribution in [1.29, 1.82) is 0 Å². The summed E-state index contributed by atoms with van der Waals surface area (Å²) in [4.78, 5) is 0. The lowest BCUT2D eigenvalue weighted by atomic mass is 10.2. The molecule has 0 aromatic heterocycles. The fourth-order valence-electron chi connectivity index (χ4n) is 1.43. The van der Waals surface area contributed by atoms with Crippen LogP contribution in [0.15, 0.2) is 12.2 Å². The molecule has 1 aliphatic heterocycles. The first-order valence-electron chi connectivity index (χ1n) is 4.86. The molecule has 1 unspecified atom stereocenters. The molecule has 1 rings (SSSR count). The van der Waals surface area contributed by atoms with E-state index in [0.29, 0.717) is 13.1 Å². The molecule has 0 aromatic carbocycles. The standard InChI is InChI=1S/C9H18N2O2S/c1-8(2)6-11-14(12,13)9-4-3-5-10-7-9/h9-11H,1,3-7H2,2H3. The van der Waals surface area contributed by atoms with Crippen molar-refractivity contribution in [3.8, 4) is 0 Å². The Morgan fingerprint density at radius 3 is 2.86 bits per heavy atom. The van der Waals surface area contributed by atoms with Crippen molar-refractivity contribution in [2.75, 3.05) is 19.6 Å². The number of nitrogens with one attached hydrogen (secondary N) is 2. The molecule has 1 fully saturated rings. The van der Waals surface area contributed by atoms with Gasteiger partial charge in [-0.15, -0.1) is 0 Å². The van der Waals surface area contributed by atoms with Crippen LogP contribution in [-0.4, -0.2) is 33.3 Å². The van der Waals surface area contributed by atoms with Gasteiger partial charge in [-0.1, -0.05) is 12.2 Å². The van der Waals surface area contributed by atoms with E-state index in [4.69, 9.17) is 0 Å². The van der Waals surface area contributed by atoms with Crippen molar-refractivity contribution < 1.29 is 8.42 Å². The number of rotatable bonds is 4. The molecule has 1 saturated heterocycles. The van der Waals surface area contributed by atoms with Gasteiger partial charge in [0.25, 0.3) is 0 Å². The average Bonchev–Trinajstić information content (AvgIpc) is 2.16. The molecule has 0 aliphatic carbocycles. The lowest BCUT2D eigenvalue weighted by Gasteiger charge is -2.22. The van der Waals surface area contributed by atoms with E-state index in [1.54, 1.807) is 0 Å². The molecule has 0 amide bonds. The van der Waals surface area contributed by atoms with Crippen LogP contribution >= 0.6 is 0 Å². The summed E-state index contributed by atoms with van der Waals surface area (Å²) in [7, 11) is -3.15. The molecular formula is C9H18N2O2S. The predicted octanol–water partition coefficient (Wildman–Crippen LogP) is 0.234. The van der Waals surface area contributed by atoms with Gasteiger partial charge < -0.3 is 5.32 Å². The summed E-state index contributed by atoms with van der Waals surface area (Å²) in [6.07, 6.45) is 1.68. The van der Waals surface area contributed by atoms with E-state index < -0.39 is 10.0 Å². The minimum Gasteiger partial charge on any atom is -0.315 e. The number of hydrogen-bond donors (Lipinski definition) is 2. The molecule has 2 N–H and O–H groups in total. The topological polar surface area (TPSA) is 58.2 Å². The molecule has 14 heavy (non-hydrogen) atoms. The van der Waals surface area contributed by atoms with Crippen molar-refractivity contribution >= 4 is 10.0 Å². The lowest BCUT2D eigenvalue weighted by Crippen LogP contribution is -2.44. The molecule has 1 heterocycles. The summed E-state index contributed by atoms with van der Waals surface area (Å²) < 4.78 is 26.0. The number of sulfonamides is 1. The van der Waals surface area contributed by atoms with E-state index in [-0.39, 0.29) is 5.25 Å². The van der Waals surface area contributed by atoms with Gasteiger partial charge in [0.15, 0.2) is 0 Å². The van der Waals surface area contributed by atoms with Crippen molar-refractivity contribution in [2.24, 2.45) is 0 Å². The zero-order chi connectivity index (χ0) is 10.6. The van der Waals surface area contributed by atoms with Crippen LogP contribution in [0.25, 0.3) is 0 Å². The molecule has 1 aliphatic rings. The van der Waals surface area contributed by atoms with Crippen molar-refractivity contribution in [3.63, 3.8) is 0 Å². The summed E-state index contributed by atoms with van der Waals surface area (Å²) in [5.41, 5.74) is 0.831. The second-order valence-corrected chi connectivity index (χ2v) is 5.84. The van der Waals surface area contributed by atoms with Crippen LogP contribution in [0.3, 0.4) is 0 Å². The van der Waals surface area contributed by atoms with Crippen molar-refractivity contribution in [3.05, 3.63) is 12.2 Å². The highest BCUT2D eigenvalue weighted by Crippen LogP contribution is 2.10. The second-order valence-electron chi connectivity index (χ2n) is 3.79. The quantitative estimate of drug-likeness (QED) is 0.664. The molecule has 0 saturated carbocycles. The fourth-order valence-corrected chi connectivity index (χ4v) is 2.92. The minimum atomic E-state index is -3.15. The van der Waals surface area contributed by atoms with Gasteiger partial charge in [-0.05, 0) is 26.3 Å². The van der Waals surface area contributed by atoms with E-state index in [1.807, 2.05) is 6.92 Å². The Bertz CT molecular complexity index is 292. The smallest absolute Gasteiger partial charge is 0.216 e. The Morgan fingerprint density at radius 2 is 2.36 bits per heavy atom. The largest absolute Gasteiger partial charge is 0.315 e. The second kappa shape index (κ2) is 4.91. The van der Waals surface area contributed by atoms with E-state index in [2.05, 4.69) is 16.6 Å². The summed E-state index contributed by atoms with van der Waals surface area (Å²) in [6, 6.07) is 0. The van der Waals surface area contributed by atoms with E-state index in [1.165, 1.54) is 0 Å². The summed E-state index contributed by atoms with van der Waals surface area (Å²) in [6.45, 7) is 7.30. The highest BCUT2D eigenvalue weighted by molar-refractivity contribution is 7.90. The zero-order valence-electron chi connectivity index (χ0n) is 8.54. The van der Waals surface area contributed by atoms with Gasteiger partial charge in [0.1, 0.15) is 0 Å². The van der Waals surface area contributed by atoms with Crippen molar-refractivity contribution in [1.82, 2.24) is 10.0 Å². The van der Waals surface area contributed by atoms with Gasteiger partial charge in [0.05, 0.1) is 5.25 Å². The minimum absolute atomic E-state index is 0.282. The highest BCUT2D eigenvalue weighted by Gasteiger charge is 2.26. The van der Waals surface area contributed by atoms with Crippen LogP contribution in [0.2, 0.25) is 0 Å².